The first-order valence-electron chi connectivity index (χ1n) is 8.02. The molecule has 1 aromatic carbocycles. The number of nitrogens with one attached hydrogen (secondary N) is 1. The van der Waals surface area contributed by atoms with Crippen LogP contribution in [0.3, 0.4) is 0 Å². The second kappa shape index (κ2) is 6.24. The normalized spacial score (nSPS) is 28.3. The number of nitrogens with two attached hydrogens (primary N) is 1. The van der Waals surface area contributed by atoms with Gasteiger partial charge in [0.15, 0.2) is 0 Å². The molecular weight excluding hydrogens is 283 g/mol. The Balaban J connectivity index is 1.72. The lowest BCUT2D eigenvalue weighted by Gasteiger charge is -2.40. The first-order chi connectivity index (χ1) is 10.6. The maximum atomic E-state index is 13.2. The number of carbonyl (C=O) groups excluding carboxylic acids is 1. The van der Waals surface area contributed by atoms with Gasteiger partial charge in [-0.25, -0.2) is 9.18 Å². The van der Waals surface area contributed by atoms with Crippen LogP contribution < -0.4 is 11.1 Å². The summed E-state index contributed by atoms with van der Waals surface area (Å²) in [7, 11) is 0. The Hall–Kier alpha value is -1.62. The SMILES string of the molecule is NC(=O)OCC1(c2ccc(F)cc2)CCC(NC2CC2)CC1. The summed E-state index contributed by atoms with van der Waals surface area (Å²) in [4.78, 5) is 11.0. The highest BCUT2D eigenvalue weighted by molar-refractivity contribution is 5.64. The highest BCUT2D eigenvalue weighted by atomic mass is 19.1. The number of halogens is 1. The fourth-order valence-electron chi connectivity index (χ4n) is 3.45. The first-order valence-corrected chi connectivity index (χ1v) is 8.02. The lowest BCUT2D eigenvalue weighted by Crippen LogP contribution is -2.43. The van der Waals surface area contributed by atoms with Crippen LogP contribution in [0.5, 0.6) is 0 Å². The van der Waals surface area contributed by atoms with Crippen molar-refractivity contribution in [2.24, 2.45) is 5.73 Å². The molecule has 0 aliphatic heterocycles. The zero-order valence-corrected chi connectivity index (χ0v) is 12.7. The number of primary amides is 1. The van der Waals surface area contributed by atoms with Gasteiger partial charge >= 0.3 is 6.09 Å². The highest BCUT2D eigenvalue weighted by Gasteiger charge is 2.39. The van der Waals surface area contributed by atoms with E-state index in [4.69, 9.17) is 10.5 Å². The molecule has 0 unspecified atom stereocenters. The van der Waals surface area contributed by atoms with Crippen LogP contribution in [0.4, 0.5) is 9.18 Å². The number of hydrogen-bond acceptors (Lipinski definition) is 3. The van der Waals surface area contributed by atoms with Crippen LogP contribution in [0.1, 0.15) is 44.1 Å². The van der Waals surface area contributed by atoms with Crippen molar-refractivity contribution in [2.45, 2.75) is 56.0 Å². The van der Waals surface area contributed by atoms with E-state index in [0.29, 0.717) is 12.1 Å². The fourth-order valence-corrected chi connectivity index (χ4v) is 3.45. The molecule has 1 amide bonds. The van der Waals surface area contributed by atoms with Crippen LogP contribution in [-0.2, 0) is 10.2 Å². The van der Waals surface area contributed by atoms with Crippen molar-refractivity contribution in [1.82, 2.24) is 5.32 Å². The second-order valence-electron chi connectivity index (χ2n) is 6.61. The molecule has 2 aliphatic rings. The molecule has 3 N–H and O–H groups in total. The van der Waals surface area contributed by atoms with Crippen LogP contribution in [0.15, 0.2) is 24.3 Å². The molecule has 3 rings (SSSR count). The molecule has 2 fully saturated rings. The van der Waals surface area contributed by atoms with Gasteiger partial charge in [-0.2, -0.15) is 0 Å². The van der Waals surface area contributed by atoms with Crippen molar-refractivity contribution < 1.29 is 13.9 Å². The monoisotopic (exact) mass is 306 g/mol. The molecule has 2 saturated carbocycles. The summed E-state index contributed by atoms with van der Waals surface area (Å²) >= 11 is 0. The minimum absolute atomic E-state index is 0.246. The third-order valence-electron chi connectivity index (χ3n) is 4.94. The zero-order valence-electron chi connectivity index (χ0n) is 12.7. The predicted octanol–water partition coefficient (Wildman–Crippen LogP) is 2.85. The van der Waals surface area contributed by atoms with Crippen LogP contribution in [0, 0.1) is 5.82 Å². The van der Waals surface area contributed by atoms with Gasteiger partial charge in [-0.15, -0.1) is 0 Å². The first kappa shape index (κ1) is 15.3. The summed E-state index contributed by atoms with van der Waals surface area (Å²) in [5, 5.41) is 3.66. The Kier molecular flexibility index (Phi) is 4.34. The van der Waals surface area contributed by atoms with E-state index in [1.807, 2.05) is 0 Å². The van der Waals surface area contributed by atoms with Crippen LogP contribution in [0.2, 0.25) is 0 Å². The van der Waals surface area contributed by atoms with E-state index in [0.717, 1.165) is 31.2 Å². The molecule has 0 bridgehead atoms. The maximum Gasteiger partial charge on any atom is 0.404 e. The number of amides is 1. The second-order valence-corrected chi connectivity index (χ2v) is 6.61. The number of ether oxygens (including phenoxy) is 1. The van der Waals surface area contributed by atoms with E-state index < -0.39 is 6.09 Å². The molecule has 1 aromatic rings. The summed E-state index contributed by atoms with van der Waals surface area (Å²) in [5.74, 6) is -0.251. The van der Waals surface area contributed by atoms with E-state index >= 15 is 0 Å². The summed E-state index contributed by atoms with van der Waals surface area (Å²) in [5.41, 5.74) is 5.92. The average Bonchev–Trinajstić information content (AvgIpc) is 3.32. The van der Waals surface area contributed by atoms with Gasteiger partial charge < -0.3 is 15.8 Å². The Morgan fingerprint density at radius 1 is 1.18 bits per heavy atom. The smallest absolute Gasteiger partial charge is 0.404 e. The Morgan fingerprint density at radius 2 is 1.77 bits per heavy atom. The zero-order chi connectivity index (χ0) is 15.6. The van der Waals surface area contributed by atoms with Crippen LogP contribution in [-0.4, -0.2) is 24.8 Å². The van der Waals surface area contributed by atoms with Crippen molar-refractivity contribution in [3.05, 3.63) is 35.6 Å². The van der Waals surface area contributed by atoms with Gasteiger partial charge in [0.25, 0.3) is 0 Å². The molecule has 0 radical (unpaired) electrons. The number of benzene rings is 1. The Morgan fingerprint density at radius 3 is 2.32 bits per heavy atom. The van der Waals surface area contributed by atoms with Gasteiger partial charge in [-0.3, -0.25) is 0 Å². The van der Waals surface area contributed by atoms with Crippen LogP contribution >= 0.6 is 0 Å². The molecule has 0 saturated heterocycles. The summed E-state index contributed by atoms with van der Waals surface area (Å²) < 4.78 is 18.3. The van der Waals surface area contributed by atoms with Crippen molar-refractivity contribution in [1.29, 1.82) is 0 Å². The minimum Gasteiger partial charge on any atom is -0.449 e. The molecule has 5 heteroatoms. The standard InChI is InChI=1S/C17H23FN2O2/c18-13-3-1-12(2-4-13)17(11-22-16(19)21)9-7-15(8-10-17)20-14-5-6-14/h1-4,14-15,20H,5-11H2,(H2,19,21). The van der Waals surface area contributed by atoms with E-state index in [2.05, 4.69) is 5.32 Å². The third-order valence-corrected chi connectivity index (χ3v) is 4.94. The Labute approximate surface area is 130 Å². The minimum atomic E-state index is -0.750. The van der Waals surface area contributed by atoms with E-state index in [1.54, 1.807) is 12.1 Å². The molecule has 120 valence electrons. The predicted molar refractivity (Wildman–Crippen MR) is 82.0 cm³/mol. The van der Waals surface area contributed by atoms with E-state index in [9.17, 15) is 9.18 Å². The molecular formula is C17H23FN2O2. The number of carbonyl (C=O) groups is 1. The summed E-state index contributed by atoms with van der Waals surface area (Å²) in [6.45, 7) is 0.268. The molecule has 0 heterocycles. The quantitative estimate of drug-likeness (QED) is 0.879. The molecule has 0 atom stereocenters. The van der Waals surface area contributed by atoms with Gasteiger partial charge in [0.05, 0.1) is 0 Å². The largest absolute Gasteiger partial charge is 0.449 e. The number of hydrogen-bond donors (Lipinski definition) is 2. The van der Waals surface area contributed by atoms with Gasteiger partial charge in [0, 0.05) is 17.5 Å². The summed E-state index contributed by atoms with van der Waals surface area (Å²) in [6.07, 6.45) is 5.72. The topological polar surface area (TPSA) is 64.4 Å². The van der Waals surface area contributed by atoms with Crippen molar-refractivity contribution in [2.75, 3.05) is 6.61 Å². The fraction of sp³-hybridized carbons (Fsp3) is 0.588. The van der Waals surface area contributed by atoms with E-state index in [1.165, 1.54) is 25.0 Å². The lowest BCUT2D eigenvalue weighted by molar-refractivity contribution is 0.0994. The third kappa shape index (κ3) is 3.58. The Bertz CT molecular complexity index is 520. The lowest BCUT2D eigenvalue weighted by atomic mass is 9.68. The molecule has 0 spiro atoms. The summed E-state index contributed by atoms with van der Waals surface area (Å²) in [6, 6.07) is 7.77. The van der Waals surface area contributed by atoms with Crippen LogP contribution in [0.25, 0.3) is 0 Å². The average molecular weight is 306 g/mol. The maximum absolute atomic E-state index is 13.2. The highest BCUT2D eigenvalue weighted by Crippen LogP contribution is 2.40. The van der Waals surface area contributed by atoms with Crippen molar-refractivity contribution in [3.63, 3.8) is 0 Å². The molecule has 2 aliphatic carbocycles. The molecule has 4 nitrogen and oxygen atoms in total. The van der Waals surface area contributed by atoms with Gasteiger partial charge in [-0.05, 0) is 56.2 Å². The van der Waals surface area contributed by atoms with E-state index in [-0.39, 0.29) is 17.8 Å². The number of rotatable bonds is 5. The molecule has 0 aromatic heterocycles. The molecule has 22 heavy (non-hydrogen) atoms. The van der Waals surface area contributed by atoms with Gasteiger partial charge in [0.1, 0.15) is 12.4 Å². The van der Waals surface area contributed by atoms with Gasteiger partial charge in [-0.1, -0.05) is 12.1 Å². The van der Waals surface area contributed by atoms with Gasteiger partial charge in [0.2, 0.25) is 0 Å². The van der Waals surface area contributed by atoms with Crippen molar-refractivity contribution >= 4 is 6.09 Å². The van der Waals surface area contributed by atoms with Crippen molar-refractivity contribution in [3.8, 4) is 0 Å².